The van der Waals surface area contributed by atoms with Gasteiger partial charge in [-0.25, -0.2) is 4.68 Å². The zero-order valence-electron chi connectivity index (χ0n) is 27.9. The summed E-state index contributed by atoms with van der Waals surface area (Å²) in [4.78, 5) is 46.7. The van der Waals surface area contributed by atoms with Gasteiger partial charge in [-0.3, -0.25) is 24.2 Å². The van der Waals surface area contributed by atoms with Gasteiger partial charge in [-0.05, 0) is 36.6 Å². The molecule has 1 saturated heterocycles. The highest BCUT2D eigenvalue weighted by Crippen LogP contribution is 2.34. The van der Waals surface area contributed by atoms with Crippen LogP contribution in [0.3, 0.4) is 0 Å². The van der Waals surface area contributed by atoms with Crippen molar-refractivity contribution in [3.8, 4) is 0 Å². The zero-order valence-corrected chi connectivity index (χ0v) is 28.7. The van der Waals surface area contributed by atoms with Crippen molar-refractivity contribution in [3.63, 3.8) is 0 Å². The minimum atomic E-state index is -4.61. The number of carbonyl (C=O) groups excluding carboxylic acids is 2. The maximum absolute atomic E-state index is 14.5. The van der Waals surface area contributed by atoms with Gasteiger partial charge in [0.25, 0.3) is 11.5 Å². The van der Waals surface area contributed by atoms with Crippen LogP contribution in [0.25, 0.3) is 5.57 Å². The number of piperazine rings is 1. The number of aromatic nitrogens is 4. The summed E-state index contributed by atoms with van der Waals surface area (Å²) in [6.07, 6.45) is 3.32. The zero-order chi connectivity index (χ0) is 36.2. The third kappa shape index (κ3) is 8.25. The summed E-state index contributed by atoms with van der Waals surface area (Å²) in [5, 5.41) is 13.2. The molecule has 13 nitrogen and oxygen atoms in total. The molecule has 1 aromatic heterocycles. The van der Waals surface area contributed by atoms with Gasteiger partial charge < -0.3 is 30.1 Å². The Morgan fingerprint density at radius 2 is 1.90 bits per heavy atom. The Labute approximate surface area is 291 Å². The molecule has 3 aliphatic rings. The third-order valence-electron chi connectivity index (χ3n) is 8.37. The summed E-state index contributed by atoms with van der Waals surface area (Å²) in [7, 11) is 3.56. The molecule has 0 atom stereocenters. The number of benzene rings is 1. The second-order valence-electron chi connectivity index (χ2n) is 11.9. The van der Waals surface area contributed by atoms with E-state index in [0.29, 0.717) is 75.0 Å². The van der Waals surface area contributed by atoms with Crippen molar-refractivity contribution in [2.24, 2.45) is 7.05 Å². The Kier molecular flexibility index (Phi) is 11.1. The lowest BCUT2D eigenvalue weighted by Gasteiger charge is -2.36. The molecule has 4 heterocycles. The first-order valence-corrected chi connectivity index (χ1v) is 16.3. The number of aryl methyl sites for hydroxylation is 2. The van der Waals surface area contributed by atoms with Crippen LogP contribution in [-0.2, 0) is 40.5 Å². The number of amides is 2. The fourth-order valence-corrected chi connectivity index (χ4v) is 5.97. The van der Waals surface area contributed by atoms with Gasteiger partial charge >= 0.3 is 6.18 Å². The molecule has 268 valence electrons. The highest BCUT2D eigenvalue weighted by Gasteiger charge is 2.31. The van der Waals surface area contributed by atoms with E-state index in [1.807, 2.05) is 24.9 Å². The summed E-state index contributed by atoms with van der Waals surface area (Å²) in [6.45, 7) is 7.31. The van der Waals surface area contributed by atoms with Gasteiger partial charge in [0, 0.05) is 64.6 Å². The molecule has 50 heavy (non-hydrogen) atoms. The molecule has 2 amide bonds. The van der Waals surface area contributed by atoms with Crippen LogP contribution in [0.1, 0.15) is 30.4 Å². The Balaban J connectivity index is 1.49. The van der Waals surface area contributed by atoms with E-state index >= 15 is 0 Å². The average molecular weight is 718 g/mol. The molecule has 0 spiro atoms. The van der Waals surface area contributed by atoms with Crippen LogP contribution in [-0.4, -0.2) is 87.6 Å². The first kappa shape index (κ1) is 36.3. The van der Waals surface area contributed by atoms with Gasteiger partial charge in [-0.2, -0.15) is 13.2 Å². The predicted molar refractivity (Wildman–Crippen MR) is 183 cm³/mol. The van der Waals surface area contributed by atoms with E-state index in [1.165, 1.54) is 0 Å². The Morgan fingerprint density at radius 1 is 1.16 bits per heavy atom. The maximum atomic E-state index is 14.5. The van der Waals surface area contributed by atoms with Gasteiger partial charge in [-0.15, -0.1) is 5.10 Å². The third-order valence-corrected chi connectivity index (χ3v) is 8.68. The van der Waals surface area contributed by atoms with Crippen molar-refractivity contribution in [3.05, 3.63) is 93.2 Å². The molecule has 0 bridgehead atoms. The number of hydrogen-bond acceptors (Lipinski definition) is 8. The van der Waals surface area contributed by atoms with E-state index in [-0.39, 0.29) is 22.3 Å². The van der Waals surface area contributed by atoms with E-state index in [0.717, 1.165) is 28.5 Å². The standard InChI is InChI=1S/C33H39ClF3N9O4/c1-5-26-29(44-12-14-45(15-13-44)31(48)24-19-42(3)11-10-38-21(24)2)32(49)46(41-30(43(4)40-26)22-8-16-50-17-9-22)20-28(47)39-27-7-6-23(18-25(27)34)33(35,36)37/h6-8,10-11,18-19,38,40H,2,5,9,12-17,20H2,1,3-4H3,(H,39,47). The molecule has 5 rings (SSSR count). The summed E-state index contributed by atoms with van der Waals surface area (Å²) in [6, 6.07) is 2.59. The molecule has 17 heteroatoms. The smallest absolute Gasteiger partial charge is 0.377 e. The van der Waals surface area contributed by atoms with Crippen molar-refractivity contribution in [2.75, 3.05) is 56.7 Å². The first-order valence-electron chi connectivity index (χ1n) is 15.9. The predicted octanol–water partition coefficient (Wildman–Crippen LogP) is 3.76. The lowest BCUT2D eigenvalue weighted by atomic mass is 10.1. The molecule has 1 fully saturated rings. The molecule has 0 unspecified atom stereocenters. The SMILES string of the molecule is C=C1NC=CN(C)C=C1C(=O)N1CCN(c2c(CC)[nH]n(C)c(C3=CCOCC3)nn(CC(=O)Nc3ccc(C(F)(F)F)cc3Cl)c2=O)CC1. The lowest BCUT2D eigenvalue weighted by molar-refractivity contribution is -0.137. The fourth-order valence-electron chi connectivity index (χ4n) is 5.74. The van der Waals surface area contributed by atoms with Crippen LogP contribution in [0.15, 0.2) is 65.5 Å². The Morgan fingerprint density at radius 3 is 2.54 bits per heavy atom. The van der Waals surface area contributed by atoms with E-state index in [4.69, 9.17) is 16.3 Å². The fraction of sp³-hybridized carbons (Fsp3) is 0.394. The largest absolute Gasteiger partial charge is 0.416 e. The molecule has 3 aliphatic heterocycles. The van der Waals surface area contributed by atoms with Gasteiger partial charge in [0.2, 0.25) is 5.91 Å². The molecular formula is C33H39ClF3N9O4. The van der Waals surface area contributed by atoms with Crippen molar-refractivity contribution >= 4 is 40.4 Å². The second kappa shape index (κ2) is 15.3. The monoisotopic (exact) mass is 717 g/mol. The Bertz CT molecular complexity index is 1870. The number of anilines is 2. The van der Waals surface area contributed by atoms with Gasteiger partial charge in [0.1, 0.15) is 12.2 Å². The molecular weight excluding hydrogens is 679 g/mol. The van der Waals surface area contributed by atoms with Crippen LogP contribution < -0.4 is 21.1 Å². The molecule has 3 N–H and O–H groups in total. The number of carbonyl (C=O) groups is 2. The summed E-state index contributed by atoms with van der Waals surface area (Å²) < 4.78 is 47.7. The van der Waals surface area contributed by atoms with Crippen molar-refractivity contribution in [1.82, 2.24) is 34.7 Å². The number of rotatable bonds is 7. The van der Waals surface area contributed by atoms with Gasteiger partial charge in [0.05, 0.1) is 40.8 Å². The molecule has 1 aromatic carbocycles. The summed E-state index contributed by atoms with van der Waals surface area (Å²) >= 11 is 6.10. The number of halogens is 4. The number of nitrogens with zero attached hydrogens (tertiary/aromatic N) is 6. The van der Waals surface area contributed by atoms with Gasteiger partial charge in [-0.1, -0.05) is 31.2 Å². The average Bonchev–Trinajstić information content (AvgIpc) is 3.25. The van der Waals surface area contributed by atoms with E-state index in [2.05, 4.69) is 27.4 Å². The van der Waals surface area contributed by atoms with E-state index in [1.54, 1.807) is 40.1 Å². The summed E-state index contributed by atoms with van der Waals surface area (Å²) in [5.41, 5.74) is 0.951. The quantitative estimate of drug-likeness (QED) is 0.395. The highest BCUT2D eigenvalue weighted by molar-refractivity contribution is 6.33. The van der Waals surface area contributed by atoms with Crippen LogP contribution in [0, 0.1) is 0 Å². The van der Waals surface area contributed by atoms with Gasteiger partial charge in [0.15, 0.2) is 5.82 Å². The molecule has 0 radical (unpaired) electrons. The first-order chi connectivity index (χ1) is 23.8. The molecule has 0 aliphatic carbocycles. The van der Waals surface area contributed by atoms with Crippen LogP contribution >= 0.6 is 11.6 Å². The van der Waals surface area contributed by atoms with Crippen molar-refractivity contribution in [1.29, 1.82) is 0 Å². The topological polar surface area (TPSA) is 133 Å². The lowest BCUT2D eigenvalue weighted by Crippen LogP contribution is -2.51. The number of H-pyrrole nitrogens is 1. The van der Waals surface area contributed by atoms with E-state index in [9.17, 15) is 27.6 Å². The summed E-state index contributed by atoms with van der Waals surface area (Å²) in [5.74, 6) is -0.533. The number of alkyl halides is 3. The van der Waals surface area contributed by atoms with Crippen LogP contribution in [0.4, 0.5) is 24.5 Å². The minimum Gasteiger partial charge on any atom is -0.377 e. The number of aromatic amines is 1. The Hall–Kier alpha value is -4.96. The maximum Gasteiger partial charge on any atom is 0.416 e. The molecule has 0 saturated carbocycles. The minimum absolute atomic E-state index is 0.0475. The van der Waals surface area contributed by atoms with E-state index < -0.39 is 29.8 Å². The van der Waals surface area contributed by atoms with Crippen LogP contribution in [0.2, 0.25) is 5.02 Å². The number of hydrogen-bond donors (Lipinski definition) is 3. The van der Waals surface area contributed by atoms with Crippen LogP contribution in [0.5, 0.6) is 0 Å². The number of nitrogens with one attached hydrogen (secondary N) is 3. The normalized spacial score (nSPS) is 16.7. The van der Waals surface area contributed by atoms with Crippen molar-refractivity contribution in [2.45, 2.75) is 32.5 Å². The second-order valence-corrected chi connectivity index (χ2v) is 12.3. The highest BCUT2D eigenvalue weighted by atomic mass is 35.5. The molecule has 2 aromatic rings. The number of ether oxygens (including phenoxy) is 1. The van der Waals surface area contributed by atoms with Crippen molar-refractivity contribution < 1.29 is 27.5 Å².